The van der Waals surface area contributed by atoms with Gasteiger partial charge in [-0.25, -0.2) is 4.98 Å². The standard InChI is InChI=1S/C15H25N5/c1-4-20(5-2)8-6-7-12(3)19-15-14(17)9-13(10-16)11-18-15/h9,11-12H,4-8,17H2,1-3H3,(H,18,19). The van der Waals surface area contributed by atoms with Crippen LogP contribution in [0, 0.1) is 11.3 Å². The Bertz CT molecular complexity index is 448. The summed E-state index contributed by atoms with van der Waals surface area (Å²) < 4.78 is 0. The van der Waals surface area contributed by atoms with Gasteiger partial charge in [-0.15, -0.1) is 0 Å². The first-order valence-corrected chi connectivity index (χ1v) is 7.25. The molecule has 0 saturated heterocycles. The van der Waals surface area contributed by atoms with Gasteiger partial charge in [0.25, 0.3) is 0 Å². The minimum Gasteiger partial charge on any atom is -0.396 e. The van der Waals surface area contributed by atoms with Gasteiger partial charge in [0, 0.05) is 12.2 Å². The van der Waals surface area contributed by atoms with Crippen LogP contribution in [-0.2, 0) is 0 Å². The Hall–Kier alpha value is -1.80. The third kappa shape index (κ3) is 5.06. The maximum Gasteiger partial charge on any atom is 0.149 e. The van der Waals surface area contributed by atoms with Crippen LogP contribution in [0.3, 0.4) is 0 Å². The third-order valence-corrected chi connectivity index (χ3v) is 3.44. The molecule has 0 amide bonds. The topological polar surface area (TPSA) is 78.0 Å². The summed E-state index contributed by atoms with van der Waals surface area (Å²) in [4.78, 5) is 6.61. The lowest BCUT2D eigenvalue weighted by molar-refractivity contribution is 0.295. The van der Waals surface area contributed by atoms with E-state index in [4.69, 9.17) is 11.0 Å². The van der Waals surface area contributed by atoms with Gasteiger partial charge in [-0.3, -0.25) is 0 Å². The molecule has 0 aliphatic carbocycles. The lowest BCUT2D eigenvalue weighted by atomic mass is 10.1. The summed E-state index contributed by atoms with van der Waals surface area (Å²) in [5, 5.41) is 12.1. The van der Waals surface area contributed by atoms with Crippen molar-refractivity contribution < 1.29 is 0 Å². The van der Waals surface area contributed by atoms with Gasteiger partial charge in [0.2, 0.25) is 0 Å². The molecular weight excluding hydrogens is 250 g/mol. The molecule has 0 aromatic carbocycles. The van der Waals surface area contributed by atoms with Crippen LogP contribution < -0.4 is 11.1 Å². The van der Waals surface area contributed by atoms with Crippen LogP contribution in [0.4, 0.5) is 11.5 Å². The molecule has 1 atom stereocenters. The second-order valence-electron chi connectivity index (χ2n) is 4.99. The van der Waals surface area contributed by atoms with Crippen LogP contribution in [0.1, 0.15) is 39.2 Å². The van der Waals surface area contributed by atoms with E-state index in [1.54, 1.807) is 12.3 Å². The number of hydrogen-bond donors (Lipinski definition) is 2. The van der Waals surface area contributed by atoms with Crippen LogP contribution in [0.5, 0.6) is 0 Å². The molecule has 0 bridgehead atoms. The molecule has 1 rings (SSSR count). The molecule has 1 aromatic rings. The van der Waals surface area contributed by atoms with Gasteiger partial charge in [0.05, 0.1) is 11.3 Å². The average molecular weight is 275 g/mol. The fraction of sp³-hybridized carbons (Fsp3) is 0.600. The lowest BCUT2D eigenvalue weighted by Gasteiger charge is -2.20. The fourth-order valence-electron chi connectivity index (χ4n) is 2.13. The van der Waals surface area contributed by atoms with E-state index in [9.17, 15) is 0 Å². The zero-order valence-electron chi connectivity index (χ0n) is 12.7. The summed E-state index contributed by atoms with van der Waals surface area (Å²) >= 11 is 0. The average Bonchev–Trinajstić information content (AvgIpc) is 2.45. The Morgan fingerprint density at radius 2 is 2.15 bits per heavy atom. The quantitative estimate of drug-likeness (QED) is 0.762. The van der Waals surface area contributed by atoms with Gasteiger partial charge in [-0.05, 0) is 45.5 Å². The van der Waals surface area contributed by atoms with Gasteiger partial charge < -0.3 is 16.0 Å². The highest BCUT2D eigenvalue weighted by atomic mass is 15.1. The van der Waals surface area contributed by atoms with Crippen molar-refractivity contribution in [1.29, 1.82) is 5.26 Å². The van der Waals surface area contributed by atoms with Crippen LogP contribution in [0.15, 0.2) is 12.3 Å². The molecule has 20 heavy (non-hydrogen) atoms. The van der Waals surface area contributed by atoms with Crippen LogP contribution in [-0.4, -0.2) is 35.6 Å². The van der Waals surface area contributed by atoms with Crippen molar-refractivity contribution in [2.45, 2.75) is 39.7 Å². The first-order valence-electron chi connectivity index (χ1n) is 7.25. The molecule has 0 radical (unpaired) electrons. The van der Waals surface area contributed by atoms with E-state index in [2.05, 4.69) is 36.0 Å². The molecule has 1 unspecified atom stereocenters. The second-order valence-corrected chi connectivity index (χ2v) is 4.99. The van der Waals surface area contributed by atoms with Crippen molar-refractivity contribution in [2.24, 2.45) is 0 Å². The van der Waals surface area contributed by atoms with Crippen LogP contribution in [0.2, 0.25) is 0 Å². The molecule has 3 N–H and O–H groups in total. The SMILES string of the molecule is CCN(CC)CCCC(C)Nc1ncc(C#N)cc1N. The number of nitrogens with one attached hydrogen (secondary N) is 1. The van der Waals surface area contributed by atoms with E-state index >= 15 is 0 Å². The smallest absolute Gasteiger partial charge is 0.149 e. The van der Waals surface area contributed by atoms with Gasteiger partial charge >= 0.3 is 0 Å². The third-order valence-electron chi connectivity index (χ3n) is 3.44. The Kier molecular flexibility index (Phi) is 6.82. The monoisotopic (exact) mass is 275 g/mol. The number of rotatable bonds is 8. The Labute approximate surface area is 121 Å². The molecule has 0 spiro atoms. The molecule has 1 aromatic heterocycles. The van der Waals surface area contributed by atoms with Gasteiger partial charge in [0.1, 0.15) is 11.9 Å². The summed E-state index contributed by atoms with van der Waals surface area (Å²) in [6, 6.07) is 4.00. The highest BCUT2D eigenvalue weighted by Gasteiger charge is 2.08. The van der Waals surface area contributed by atoms with E-state index in [-0.39, 0.29) is 0 Å². The normalized spacial score (nSPS) is 12.2. The number of nitrogens with zero attached hydrogens (tertiary/aromatic N) is 3. The van der Waals surface area contributed by atoms with Crippen molar-refractivity contribution in [3.63, 3.8) is 0 Å². The van der Waals surface area contributed by atoms with Crippen molar-refractivity contribution >= 4 is 11.5 Å². The minimum atomic E-state index is 0.313. The first kappa shape index (κ1) is 16.3. The van der Waals surface area contributed by atoms with Crippen molar-refractivity contribution in [1.82, 2.24) is 9.88 Å². The van der Waals surface area contributed by atoms with Crippen molar-refractivity contribution in [2.75, 3.05) is 30.7 Å². The molecule has 5 nitrogen and oxygen atoms in total. The van der Waals surface area contributed by atoms with E-state index in [0.717, 1.165) is 32.5 Å². The van der Waals surface area contributed by atoms with E-state index < -0.39 is 0 Å². The Morgan fingerprint density at radius 1 is 1.45 bits per heavy atom. The highest BCUT2D eigenvalue weighted by molar-refractivity contribution is 5.63. The molecule has 5 heteroatoms. The number of nitrogens with two attached hydrogens (primary N) is 1. The Morgan fingerprint density at radius 3 is 2.70 bits per heavy atom. The van der Waals surface area contributed by atoms with Gasteiger partial charge in [-0.1, -0.05) is 13.8 Å². The van der Waals surface area contributed by atoms with E-state index in [1.165, 1.54) is 0 Å². The van der Waals surface area contributed by atoms with Gasteiger partial charge in [-0.2, -0.15) is 5.26 Å². The molecular formula is C15H25N5. The number of hydrogen-bond acceptors (Lipinski definition) is 5. The maximum atomic E-state index is 8.78. The summed E-state index contributed by atoms with van der Waals surface area (Å²) in [5.74, 6) is 0.666. The molecule has 0 saturated carbocycles. The zero-order chi connectivity index (χ0) is 15.0. The second kappa shape index (κ2) is 8.39. The predicted octanol–water partition coefficient (Wildman–Crippen LogP) is 2.46. The molecule has 1 heterocycles. The number of anilines is 2. The number of pyridine rings is 1. The van der Waals surface area contributed by atoms with Crippen LogP contribution >= 0.6 is 0 Å². The molecule has 110 valence electrons. The van der Waals surface area contributed by atoms with E-state index in [0.29, 0.717) is 23.1 Å². The molecule has 0 aliphatic heterocycles. The molecule has 0 fully saturated rings. The summed E-state index contributed by atoms with van der Waals surface area (Å²) in [6.07, 6.45) is 3.75. The number of nitriles is 1. The number of nitrogen functional groups attached to an aromatic ring is 1. The zero-order valence-corrected chi connectivity index (χ0v) is 12.7. The van der Waals surface area contributed by atoms with Crippen molar-refractivity contribution in [3.05, 3.63) is 17.8 Å². The van der Waals surface area contributed by atoms with E-state index in [1.807, 2.05) is 6.07 Å². The van der Waals surface area contributed by atoms with Gasteiger partial charge in [0.15, 0.2) is 0 Å². The molecule has 0 aliphatic rings. The minimum absolute atomic E-state index is 0.313. The summed E-state index contributed by atoms with van der Waals surface area (Å²) in [5.41, 5.74) is 6.90. The Balaban J connectivity index is 2.43. The van der Waals surface area contributed by atoms with Crippen molar-refractivity contribution in [3.8, 4) is 6.07 Å². The lowest BCUT2D eigenvalue weighted by Crippen LogP contribution is -2.26. The highest BCUT2D eigenvalue weighted by Crippen LogP contribution is 2.17. The largest absolute Gasteiger partial charge is 0.396 e. The summed E-state index contributed by atoms with van der Waals surface area (Å²) in [6.45, 7) is 9.82. The number of aromatic nitrogens is 1. The summed E-state index contributed by atoms with van der Waals surface area (Å²) in [7, 11) is 0. The predicted molar refractivity (Wildman–Crippen MR) is 83.5 cm³/mol. The fourth-order valence-corrected chi connectivity index (χ4v) is 2.13. The maximum absolute atomic E-state index is 8.78. The van der Waals surface area contributed by atoms with Crippen LogP contribution in [0.25, 0.3) is 0 Å². The first-order chi connectivity index (χ1) is 9.60.